The average molecular weight is 456 g/mol. The monoisotopic (exact) mass is 455 g/mol. The maximum Gasteiger partial charge on any atom is 0.256 e. The minimum atomic E-state index is -0.439. The van der Waals surface area contributed by atoms with Crippen LogP contribution < -0.4 is 14.8 Å². The summed E-state index contributed by atoms with van der Waals surface area (Å²) in [7, 11) is 0. The van der Waals surface area contributed by atoms with Gasteiger partial charge in [-0.3, -0.25) is 9.59 Å². The molecule has 3 aromatic rings. The highest BCUT2D eigenvalue weighted by atomic mass is 79.9. The molecule has 0 saturated carbocycles. The van der Waals surface area contributed by atoms with E-state index in [1.165, 1.54) is 30.3 Å². The first kappa shape index (κ1) is 19.1. The SMILES string of the molecule is O=C(Nc1cc2c(cc1C(=O)c1ccc(F)cc1)OCCO2)c1ccccc1Br. The quantitative estimate of drug-likeness (QED) is 0.571. The van der Waals surface area contributed by atoms with Gasteiger partial charge in [0.2, 0.25) is 0 Å². The molecule has 0 fully saturated rings. The molecule has 0 radical (unpaired) electrons. The number of amides is 1. The van der Waals surface area contributed by atoms with Crippen molar-refractivity contribution in [2.24, 2.45) is 0 Å². The molecule has 0 spiro atoms. The van der Waals surface area contributed by atoms with Crippen molar-refractivity contribution in [3.05, 3.63) is 87.6 Å². The molecule has 7 heteroatoms. The Hall–Kier alpha value is -3.19. The Balaban J connectivity index is 1.75. The van der Waals surface area contributed by atoms with Gasteiger partial charge in [-0.25, -0.2) is 4.39 Å². The molecule has 0 aliphatic carbocycles. The molecule has 0 atom stereocenters. The van der Waals surface area contributed by atoms with E-state index in [-0.39, 0.29) is 22.9 Å². The first-order chi connectivity index (χ1) is 14.0. The fourth-order valence-electron chi connectivity index (χ4n) is 2.97. The summed E-state index contributed by atoms with van der Waals surface area (Å²) in [6.07, 6.45) is 0. The molecule has 4 rings (SSSR count). The Morgan fingerprint density at radius 3 is 2.24 bits per heavy atom. The molecule has 0 saturated heterocycles. The first-order valence-corrected chi connectivity index (χ1v) is 9.62. The number of rotatable bonds is 4. The molecule has 1 amide bonds. The maximum absolute atomic E-state index is 13.2. The summed E-state index contributed by atoms with van der Waals surface area (Å²) >= 11 is 3.35. The van der Waals surface area contributed by atoms with E-state index < -0.39 is 5.82 Å². The van der Waals surface area contributed by atoms with Gasteiger partial charge in [0.15, 0.2) is 17.3 Å². The molecule has 146 valence electrons. The molecule has 0 unspecified atom stereocenters. The van der Waals surface area contributed by atoms with Gasteiger partial charge in [0.1, 0.15) is 19.0 Å². The molecule has 0 aromatic heterocycles. The van der Waals surface area contributed by atoms with Gasteiger partial charge in [-0.05, 0) is 58.4 Å². The van der Waals surface area contributed by atoms with Gasteiger partial charge in [0.25, 0.3) is 5.91 Å². The maximum atomic E-state index is 13.2. The van der Waals surface area contributed by atoms with E-state index >= 15 is 0 Å². The number of ether oxygens (including phenoxy) is 2. The Kier molecular flexibility index (Phi) is 5.31. The van der Waals surface area contributed by atoms with Crippen molar-refractivity contribution in [1.29, 1.82) is 0 Å². The second-order valence-corrected chi connectivity index (χ2v) is 7.17. The third-order valence-electron chi connectivity index (χ3n) is 4.40. The second-order valence-electron chi connectivity index (χ2n) is 6.31. The van der Waals surface area contributed by atoms with Crippen LogP contribution in [0.15, 0.2) is 65.1 Å². The Morgan fingerprint density at radius 1 is 0.897 bits per heavy atom. The Morgan fingerprint density at radius 2 is 1.55 bits per heavy atom. The number of carbonyl (C=O) groups is 2. The fraction of sp³-hybridized carbons (Fsp3) is 0.0909. The number of hydrogen-bond acceptors (Lipinski definition) is 4. The van der Waals surface area contributed by atoms with E-state index in [4.69, 9.17) is 9.47 Å². The third-order valence-corrected chi connectivity index (χ3v) is 5.09. The van der Waals surface area contributed by atoms with Crippen LogP contribution in [0.4, 0.5) is 10.1 Å². The number of benzene rings is 3. The third kappa shape index (κ3) is 4.00. The van der Waals surface area contributed by atoms with Crippen molar-refractivity contribution < 1.29 is 23.5 Å². The lowest BCUT2D eigenvalue weighted by Crippen LogP contribution is -2.19. The molecular formula is C22H15BrFNO4. The van der Waals surface area contributed by atoms with Gasteiger partial charge >= 0.3 is 0 Å². The molecule has 1 aliphatic rings. The first-order valence-electron chi connectivity index (χ1n) is 8.83. The minimum absolute atomic E-state index is 0.223. The topological polar surface area (TPSA) is 64.6 Å². The van der Waals surface area contributed by atoms with Gasteiger partial charge in [0, 0.05) is 16.1 Å². The number of carbonyl (C=O) groups excluding carboxylic acids is 2. The summed E-state index contributed by atoms with van der Waals surface area (Å²) in [5.74, 6) is -0.340. The lowest BCUT2D eigenvalue weighted by molar-refractivity contribution is 0.102. The van der Waals surface area contributed by atoms with Crippen LogP contribution in [0.2, 0.25) is 0 Å². The van der Waals surface area contributed by atoms with Crippen LogP contribution in [0, 0.1) is 5.82 Å². The van der Waals surface area contributed by atoms with E-state index in [9.17, 15) is 14.0 Å². The van der Waals surface area contributed by atoms with Gasteiger partial charge in [-0.15, -0.1) is 0 Å². The summed E-state index contributed by atoms with van der Waals surface area (Å²) in [6.45, 7) is 0.732. The predicted molar refractivity (Wildman–Crippen MR) is 109 cm³/mol. The van der Waals surface area contributed by atoms with Crippen LogP contribution in [0.1, 0.15) is 26.3 Å². The van der Waals surface area contributed by atoms with Crippen LogP contribution in [-0.4, -0.2) is 24.9 Å². The lowest BCUT2D eigenvalue weighted by atomic mass is 10.00. The highest BCUT2D eigenvalue weighted by molar-refractivity contribution is 9.10. The number of nitrogens with one attached hydrogen (secondary N) is 1. The van der Waals surface area contributed by atoms with Crippen LogP contribution >= 0.6 is 15.9 Å². The number of anilines is 1. The zero-order chi connectivity index (χ0) is 20.4. The molecule has 1 aliphatic heterocycles. The van der Waals surface area contributed by atoms with E-state index in [1.807, 2.05) is 0 Å². The van der Waals surface area contributed by atoms with Gasteiger partial charge in [0.05, 0.1) is 16.8 Å². The van der Waals surface area contributed by atoms with Crippen molar-refractivity contribution in [3.8, 4) is 11.5 Å². The number of ketones is 1. The van der Waals surface area contributed by atoms with Crippen molar-refractivity contribution >= 4 is 33.3 Å². The number of hydrogen-bond donors (Lipinski definition) is 1. The van der Waals surface area contributed by atoms with Gasteiger partial charge < -0.3 is 14.8 Å². The minimum Gasteiger partial charge on any atom is -0.486 e. The van der Waals surface area contributed by atoms with E-state index in [2.05, 4.69) is 21.2 Å². The smallest absolute Gasteiger partial charge is 0.256 e. The van der Waals surface area contributed by atoms with Crippen LogP contribution in [0.5, 0.6) is 11.5 Å². The molecule has 1 N–H and O–H groups in total. The number of halogens is 2. The van der Waals surface area contributed by atoms with Crippen molar-refractivity contribution in [2.75, 3.05) is 18.5 Å². The summed E-state index contributed by atoms with van der Waals surface area (Å²) in [4.78, 5) is 25.9. The lowest BCUT2D eigenvalue weighted by Gasteiger charge is -2.21. The van der Waals surface area contributed by atoms with Crippen molar-refractivity contribution in [3.63, 3.8) is 0 Å². The van der Waals surface area contributed by atoms with Crippen molar-refractivity contribution in [2.45, 2.75) is 0 Å². The molecule has 0 bridgehead atoms. The Labute approximate surface area is 174 Å². The predicted octanol–water partition coefficient (Wildman–Crippen LogP) is 4.84. The fourth-order valence-corrected chi connectivity index (χ4v) is 3.44. The average Bonchev–Trinajstić information content (AvgIpc) is 2.73. The van der Waals surface area contributed by atoms with Crippen LogP contribution in [0.3, 0.4) is 0 Å². The molecular weight excluding hydrogens is 441 g/mol. The van der Waals surface area contributed by atoms with Crippen LogP contribution in [0.25, 0.3) is 0 Å². The van der Waals surface area contributed by atoms with Crippen LogP contribution in [-0.2, 0) is 0 Å². The summed E-state index contributed by atoms with van der Waals surface area (Å²) < 4.78 is 25.0. The van der Waals surface area contributed by atoms with E-state index in [0.717, 1.165) is 0 Å². The standard InChI is InChI=1S/C22H15BrFNO4/c23-17-4-2-1-3-15(17)22(27)25-18-12-20-19(28-9-10-29-20)11-16(18)21(26)13-5-7-14(24)8-6-13/h1-8,11-12H,9-10H2,(H,25,27). The molecule has 5 nitrogen and oxygen atoms in total. The van der Waals surface area contributed by atoms with E-state index in [0.29, 0.717) is 40.3 Å². The second kappa shape index (κ2) is 8.05. The summed E-state index contributed by atoms with van der Waals surface area (Å²) in [5.41, 5.74) is 1.22. The normalized spacial score (nSPS) is 12.3. The summed E-state index contributed by atoms with van der Waals surface area (Å²) in [5, 5.41) is 2.78. The molecule has 29 heavy (non-hydrogen) atoms. The zero-order valence-electron chi connectivity index (χ0n) is 15.1. The van der Waals surface area contributed by atoms with Gasteiger partial charge in [-0.2, -0.15) is 0 Å². The number of fused-ring (bicyclic) bond motifs is 1. The Bertz CT molecular complexity index is 1100. The van der Waals surface area contributed by atoms with Crippen molar-refractivity contribution in [1.82, 2.24) is 0 Å². The zero-order valence-corrected chi connectivity index (χ0v) is 16.7. The van der Waals surface area contributed by atoms with Gasteiger partial charge in [-0.1, -0.05) is 12.1 Å². The highest BCUT2D eigenvalue weighted by Gasteiger charge is 2.23. The largest absolute Gasteiger partial charge is 0.486 e. The van der Waals surface area contributed by atoms with E-state index in [1.54, 1.807) is 30.3 Å². The molecule has 3 aromatic carbocycles. The highest BCUT2D eigenvalue weighted by Crippen LogP contribution is 2.37. The summed E-state index contributed by atoms with van der Waals surface area (Å²) in [6, 6.07) is 15.3. The molecule has 1 heterocycles.